The fourth-order valence-corrected chi connectivity index (χ4v) is 4.53. The second-order valence-electron chi connectivity index (χ2n) is 6.01. The van der Waals surface area contributed by atoms with Gasteiger partial charge < -0.3 is 11.5 Å². The van der Waals surface area contributed by atoms with Gasteiger partial charge in [-0.05, 0) is 47.2 Å². The molecule has 2 aromatic rings. The smallest absolute Gasteiger partial charge is 0.0139 e. The van der Waals surface area contributed by atoms with Gasteiger partial charge in [-0.15, -0.1) is 0 Å². The number of fused-ring (bicyclic) bond motifs is 1. The first kappa shape index (κ1) is 12.1. The summed E-state index contributed by atoms with van der Waals surface area (Å²) in [6, 6.07) is 17.7. The molecule has 2 heteroatoms. The number of hydrogen-bond acceptors (Lipinski definition) is 2. The van der Waals surface area contributed by atoms with Crippen molar-refractivity contribution >= 4 is 0 Å². The second-order valence-corrected chi connectivity index (χ2v) is 6.01. The number of nitrogens with two attached hydrogens (primary N) is 2. The van der Waals surface area contributed by atoms with E-state index in [0.717, 1.165) is 0 Å². The summed E-state index contributed by atoms with van der Waals surface area (Å²) in [5, 5.41) is 0. The molecular weight excluding hydrogens is 244 g/mol. The van der Waals surface area contributed by atoms with Gasteiger partial charge in [0.25, 0.3) is 0 Å². The van der Waals surface area contributed by atoms with Crippen molar-refractivity contribution in [3.8, 4) is 0 Å². The molecule has 102 valence electrons. The van der Waals surface area contributed by atoms with Gasteiger partial charge in [0.05, 0.1) is 0 Å². The fraction of sp³-hybridized carbons (Fsp3) is 0.333. The molecule has 0 amide bonds. The molecule has 5 rings (SSSR count). The van der Waals surface area contributed by atoms with Gasteiger partial charge in [0.15, 0.2) is 0 Å². The predicted octanol–water partition coefficient (Wildman–Crippen LogP) is 2.43. The van der Waals surface area contributed by atoms with Crippen molar-refractivity contribution in [3.63, 3.8) is 0 Å². The van der Waals surface area contributed by atoms with Crippen molar-refractivity contribution in [2.45, 2.75) is 11.8 Å². The van der Waals surface area contributed by atoms with Crippen LogP contribution < -0.4 is 11.5 Å². The van der Waals surface area contributed by atoms with E-state index in [9.17, 15) is 0 Å². The van der Waals surface area contributed by atoms with E-state index in [1.54, 1.807) is 0 Å². The van der Waals surface area contributed by atoms with Crippen LogP contribution in [-0.2, 0) is 0 Å². The zero-order valence-corrected chi connectivity index (χ0v) is 11.5. The minimum atomic E-state index is 0.422. The summed E-state index contributed by atoms with van der Waals surface area (Å²) < 4.78 is 0. The molecule has 0 spiro atoms. The summed E-state index contributed by atoms with van der Waals surface area (Å²) in [4.78, 5) is 0. The molecule has 0 radical (unpaired) electrons. The zero-order chi connectivity index (χ0) is 13.7. The lowest BCUT2D eigenvalue weighted by atomic mass is 9.54. The Morgan fingerprint density at radius 2 is 0.900 bits per heavy atom. The van der Waals surface area contributed by atoms with E-state index in [2.05, 4.69) is 48.5 Å². The lowest BCUT2D eigenvalue weighted by molar-refractivity contribution is 0.243. The first-order valence-electron chi connectivity index (χ1n) is 7.44. The van der Waals surface area contributed by atoms with Crippen LogP contribution in [0.2, 0.25) is 0 Å². The maximum Gasteiger partial charge on any atom is 0.0139 e. The molecular formula is C18H20N2. The van der Waals surface area contributed by atoms with E-state index in [1.807, 2.05) is 0 Å². The average Bonchev–Trinajstić information content (AvgIpc) is 2.53. The Balaban J connectivity index is 2.01. The second kappa shape index (κ2) is 4.44. The highest BCUT2D eigenvalue weighted by Gasteiger charge is 2.48. The van der Waals surface area contributed by atoms with E-state index >= 15 is 0 Å². The van der Waals surface area contributed by atoms with E-state index in [0.29, 0.717) is 36.8 Å². The maximum absolute atomic E-state index is 6.11. The molecule has 20 heavy (non-hydrogen) atoms. The summed E-state index contributed by atoms with van der Waals surface area (Å²) in [5.41, 5.74) is 18.1. The normalized spacial score (nSPS) is 29.9. The lowest BCUT2D eigenvalue weighted by Gasteiger charge is -2.50. The van der Waals surface area contributed by atoms with E-state index in [1.165, 1.54) is 22.3 Å². The molecule has 0 saturated heterocycles. The monoisotopic (exact) mass is 264 g/mol. The SMILES string of the molecule is NCC1C2c3ccccc3C(c3ccccc32)C1CN. The van der Waals surface area contributed by atoms with Crippen molar-refractivity contribution in [1.29, 1.82) is 0 Å². The Morgan fingerprint density at radius 3 is 1.15 bits per heavy atom. The van der Waals surface area contributed by atoms with Crippen molar-refractivity contribution in [2.24, 2.45) is 23.3 Å². The molecule has 0 saturated carbocycles. The summed E-state index contributed by atoms with van der Waals surface area (Å²) in [7, 11) is 0. The Bertz CT molecular complexity index is 546. The van der Waals surface area contributed by atoms with Crippen molar-refractivity contribution < 1.29 is 0 Å². The number of benzene rings is 2. The fourth-order valence-electron chi connectivity index (χ4n) is 4.53. The average molecular weight is 264 g/mol. The van der Waals surface area contributed by atoms with Gasteiger partial charge in [-0.25, -0.2) is 0 Å². The number of hydrogen-bond donors (Lipinski definition) is 2. The Hall–Kier alpha value is -1.64. The van der Waals surface area contributed by atoms with Gasteiger partial charge in [0, 0.05) is 11.8 Å². The Labute approximate surface area is 119 Å². The third-order valence-corrected chi connectivity index (χ3v) is 5.28. The Kier molecular flexibility index (Phi) is 2.69. The summed E-state index contributed by atoms with van der Waals surface area (Å²) in [6.45, 7) is 1.43. The molecule has 2 unspecified atom stereocenters. The number of rotatable bonds is 2. The van der Waals surface area contributed by atoms with E-state index < -0.39 is 0 Å². The minimum Gasteiger partial charge on any atom is -0.330 e. The third kappa shape index (κ3) is 1.41. The van der Waals surface area contributed by atoms with Crippen LogP contribution in [0.25, 0.3) is 0 Å². The van der Waals surface area contributed by atoms with E-state index in [-0.39, 0.29) is 0 Å². The van der Waals surface area contributed by atoms with Crippen molar-refractivity contribution in [1.82, 2.24) is 0 Å². The highest BCUT2D eigenvalue weighted by molar-refractivity contribution is 5.56. The van der Waals surface area contributed by atoms with Crippen LogP contribution in [0.5, 0.6) is 0 Å². The molecule has 0 fully saturated rings. The molecule has 3 aliphatic rings. The Morgan fingerprint density at radius 1 is 0.600 bits per heavy atom. The van der Waals surface area contributed by atoms with Crippen molar-refractivity contribution in [3.05, 3.63) is 70.8 Å². The van der Waals surface area contributed by atoms with Gasteiger partial charge >= 0.3 is 0 Å². The largest absolute Gasteiger partial charge is 0.330 e. The molecule has 2 aromatic carbocycles. The van der Waals surface area contributed by atoms with Crippen LogP contribution in [0.15, 0.2) is 48.5 Å². The summed E-state index contributed by atoms with van der Waals surface area (Å²) in [6.07, 6.45) is 0. The zero-order valence-electron chi connectivity index (χ0n) is 11.5. The highest BCUT2D eigenvalue weighted by atomic mass is 14.7. The molecule has 0 aromatic heterocycles. The molecule has 0 heterocycles. The highest BCUT2D eigenvalue weighted by Crippen LogP contribution is 2.57. The summed E-state index contributed by atoms with van der Waals surface area (Å²) >= 11 is 0. The molecule has 2 atom stereocenters. The molecule has 2 nitrogen and oxygen atoms in total. The van der Waals surface area contributed by atoms with Crippen LogP contribution in [0.3, 0.4) is 0 Å². The van der Waals surface area contributed by atoms with Gasteiger partial charge in [-0.3, -0.25) is 0 Å². The third-order valence-electron chi connectivity index (χ3n) is 5.28. The minimum absolute atomic E-state index is 0.422. The molecule has 0 aliphatic heterocycles. The molecule has 4 N–H and O–H groups in total. The predicted molar refractivity (Wildman–Crippen MR) is 81.7 cm³/mol. The van der Waals surface area contributed by atoms with Crippen LogP contribution in [-0.4, -0.2) is 13.1 Å². The molecule has 2 bridgehead atoms. The van der Waals surface area contributed by atoms with Crippen LogP contribution in [0.4, 0.5) is 0 Å². The van der Waals surface area contributed by atoms with Crippen LogP contribution in [0, 0.1) is 11.8 Å². The maximum atomic E-state index is 6.11. The summed E-state index contributed by atoms with van der Waals surface area (Å²) in [5.74, 6) is 1.78. The quantitative estimate of drug-likeness (QED) is 0.875. The van der Waals surface area contributed by atoms with Crippen molar-refractivity contribution in [2.75, 3.05) is 13.1 Å². The van der Waals surface area contributed by atoms with Crippen LogP contribution in [0.1, 0.15) is 34.1 Å². The van der Waals surface area contributed by atoms with Gasteiger partial charge in [0.2, 0.25) is 0 Å². The topological polar surface area (TPSA) is 52.0 Å². The first-order chi connectivity index (χ1) is 9.86. The van der Waals surface area contributed by atoms with Gasteiger partial charge in [0.1, 0.15) is 0 Å². The lowest BCUT2D eigenvalue weighted by Crippen LogP contribution is -2.46. The standard InChI is InChI=1S/C18H20N2/c19-9-15-16(10-20)18-12-6-2-1-5-11(12)17(15)13-7-3-4-8-14(13)18/h1-8,15-18H,9-10,19-20H2. The molecule has 3 aliphatic carbocycles. The first-order valence-corrected chi connectivity index (χ1v) is 7.44. The van der Waals surface area contributed by atoms with Gasteiger partial charge in [-0.2, -0.15) is 0 Å². The van der Waals surface area contributed by atoms with Crippen LogP contribution >= 0.6 is 0 Å². The van der Waals surface area contributed by atoms with E-state index in [4.69, 9.17) is 11.5 Å². The van der Waals surface area contributed by atoms with Gasteiger partial charge in [-0.1, -0.05) is 48.5 Å².